The number of benzene rings is 1. The number of aryl methyl sites for hydroxylation is 1. The molecule has 0 N–H and O–H groups in total. The summed E-state index contributed by atoms with van der Waals surface area (Å²) in [6, 6.07) is 6.46. The summed E-state index contributed by atoms with van der Waals surface area (Å²) in [5.74, 6) is 0.925. The van der Waals surface area contributed by atoms with E-state index in [1.807, 2.05) is 6.92 Å². The molecule has 1 aliphatic heterocycles. The predicted molar refractivity (Wildman–Crippen MR) is 85.6 cm³/mol. The van der Waals surface area contributed by atoms with Crippen molar-refractivity contribution in [3.8, 4) is 0 Å². The van der Waals surface area contributed by atoms with E-state index in [9.17, 15) is 0 Å². The van der Waals surface area contributed by atoms with Crippen molar-refractivity contribution >= 4 is 64.1 Å². The maximum absolute atomic E-state index is 6.12. The molecule has 0 atom stereocenters. The Kier molecular flexibility index (Phi) is 3.78. The van der Waals surface area contributed by atoms with E-state index in [2.05, 4.69) is 74.9 Å². The van der Waals surface area contributed by atoms with E-state index in [1.165, 1.54) is 14.9 Å². The van der Waals surface area contributed by atoms with Crippen LogP contribution in [0.1, 0.15) is 19.4 Å². The Morgan fingerprint density at radius 2 is 1.88 bits per heavy atom. The predicted octanol–water partition coefficient (Wildman–Crippen LogP) is 3.89. The van der Waals surface area contributed by atoms with Crippen LogP contribution in [-0.4, -0.2) is 27.6 Å². The quantitative estimate of drug-likeness (QED) is 0.387. The Balaban J connectivity index is 2.78. The third-order valence-electron chi connectivity index (χ3n) is 2.70. The van der Waals surface area contributed by atoms with Crippen LogP contribution in [0, 0.1) is 6.92 Å². The van der Waals surface area contributed by atoms with Gasteiger partial charge in [0.25, 0.3) is 0 Å². The molecule has 1 aromatic rings. The molecule has 17 heavy (non-hydrogen) atoms. The van der Waals surface area contributed by atoms with Crippen LogP contribution in [0.25, 0.3) is 0 Å². The SMILES string of the molecule is CC[N+]1=C(C)O[Te](Br)(Br)(Br)c2ccc(C)cc21. The number of hydrogen-bond acceptors (Lipinski definition) is 1. The third kappa shape index (κ3) is 2.62. The summed E-state index contributed by atoms with van der Waals surface area (Å²) in [6.45, 7) is 7.14. The second-order valence-electron chi connectivity index (χ2n) is 4.00. The van der Waals surface area contributed by atoms with Crippen molar-refractivity contribution < 1.29 is 7.68 Å². The minimum absolute atomic E-state index is 0.901. The van der Waals surface area contributed by atoms with Gasteiger partial charge in [0, 0.05) is 0 Å². The second-order valence-corrected chi connectivity index (χ2v) is 52.0. The van der Waals surface area contributed by atoms with Gasteiger partial charge in [-0.05, 0) is 0 Å². The second kappa shape index (κ2) is 4.49. The van der Waals surface area contributed by atoms with Crippen LogP contribution >= 0.6 is 38.3 Å². The summed E-state index contributed by atoms with van der Waals surface area (Å²) in [7, 11) is -3.52. The summed E-state index contributed by atoms with van der Waals surface area (Å²) in [4.78, 5) is 0. The van der Waals surface area contributed by atoms with Crippen LogP contribution in [0.5, 0.6) is 0 Å². The molecule has 0 aliphatic carbocycles. The Hall–Kier alpha value is 0.920. The summed E-state index contributed by atoms with van der Waals surface area (Å²) in [5.41, 5.74) is 2.48. The molecule has 0 unspecified atom stereocenters. The summed E-state index contributed by atoms with van der Waals surface area (Å²) < 4.78 is 9.51. The van der Waals surface area contributed by atoms with Crippen molar-refractivity contribution in [3.05, 3.63) is 23.8 Å². The van der Waals surface area contributed by atoms with Gasteiger partial charge in [0.05, 0.1) is 0 Å². The molecular weight excluding hydrogens is 529 g/mol. The molecule has 0 spiro atoms. The Morgan fingerprint density at radius 3 is 2.47 bits per heavy atom. The zero-order chi connectivity index (χ0) is 12.9. The van der Waals surface area contributed by atoms with Crippen molar-refractivity contribution in [2.45, 2.75) is 20.8 Å². The number of halogens is 3. The zero-order valence-corrected chi connectivity index (χ0v) is 16.9. The number of fused-ring (bicyclic) bond motifs is 1. The van der Waals surface area contributed by atoms with E-state index in [0.29, 0.717) is 0 Å². The van der Waals surface area contributed by atoms with Gasteiger partial charge in [-0.25, -0.2) is 0 Å². The van der Waals surface area contributed by atoms with Crippen LogP contribution in [0.2, 0.25) is 0 Å². The average molecular weight is 544 g/mol. The summed E-state index contributed by atoms with van der Waals surface area (Å²) >= 11 is 11.3. The first-order chi connectivity index (χ1) is 7.73. The van der Waals surface area contributed by atoms with E-state index in [-0.39, 0.29) is 0 Å². The van der Waals surface area contributed by atoms with Gasteiger partial charge in [-0.15, -0.1) is 0 Å². The molecule has 2 nitrogen and oxygen atoms in total. The molecule has 0 aromatic heterocycles. The van der Waals surface area contributed by atoms with E-state index in [0.717, 1.165) is 12.4 Å². The summed E-state index contributed by atoms with van der Waals surface area (Å²) in [5, 5.41) is 0. The molecule has 0 saturated heterocycles. The molecular formula is C11H14Br3NOTe+. The molecule has 6 heteroatoms. The van der Waals surface area contributed by atoms with E-state index in [4.69, 9.17) is 3.10 Å². The standard InChI is InChI=1S/C11H14Br3NOTe/c1-4-15-9(3)16-17(12,13,14)11-6-5-8(2)7-10(11)15/h5-7H,4H2,1-3H3/q+1. The molecule has 0 amide bonds. The van der Waals surface area contributed by atoms with Crippen molar-refractivity contribution in [2.24, 2.45) is 0 Å². The van der Waals surface area contributed by atoms with Gasteiger partial charge < -0.3 is 0 Å². The summed E-state index contributed by atoms with van der Waals surface area (Å²) in [6.07, 6.45) is 0. The van der Waals surface area contributed by atoms with E-state index in [1.54, 1.807) is 0 Å². The van der Waals surface area contributed by atoms with Crippen molar-refractivity contribution in [1.29, 1.82) is 0 Å². The molecule has 1 aliphatic rings. The van der Waals surface area contributed by atoms with E-state index < -0.39 is 10.6 Å². The first-order valence-electron chi connectivity index (χ1n) is 5.25. The maximum atomic E-state index is 6.12. The molecule has 2 rings (SSSR count). The average Bonchev–Trinajstić information content (AvgIpc) is 2.14. The van der Waals surface area contributed by atoms with Gasteiger partial charge in [-0.1, -0.05) is 0 Å². The van der Waals surface area contributed by atoms with Gasteiger partial charge in [-0.2, -0.15) is 0 Å². The zero-order valence-electron chi connectivity index (χ0n) is 9.84. The molecule has 0 fully saturated rings. The van der Waals surface area contributed by atoms with Crippen molar-refractivity contribution in [1.82, 2.24) is 0 Å². The molecule has 1 radical (unpaired) electrons. The third-order valence-corrected chi connectivity index (χ3v) is 16.8. The molecule has 95 valence electrons. The Labute approximate surface area is 121 Å². The number of nitrogens with zero attached hydrogens (tertiary/aromatic N) is 1. The van der Waals surface area contributed by atoms with Gasteiger partial charge >= 0.3 is 123 Å². The van der Waals surface area contributed by atoms with Crippen LogP contribution < -0.4 is 3.61 Å². The van der Waals surface area contributed by atoms with Crippen LogP contribution in [-0.2, 0) is 3.10 Å². The minimum atomic E-state index is -3.52. The van der Waals surface area contributed by atoms with Crippen molar-refractivity contribution in [2.75, 3.05) is 6.54 Å². The van der Waals surface area contributed by atoms with Gasteiger partial charge in [0.1, 0.15) is 0 Å². The fourth-order valence-electron chi connectivity index (χ4n) is 1.95. The monoisotopic (exact) mass is 543 g/mol. The Bertz CT molecular complexity index is 519. The molecule has 0 saturated carbocycles. The number of hydrogen-bond donors (Lipinski definition) is 0. The van der Waals surface area contributed by atoms with Gasteiger partial charge in [-0.3, -0.25) is 0 Å². The van der Waals surface area contributed by atoms with Crippen LogP contribution in [0.4, 0.5) is 5.69 Å². The van der Waals surface area contributed by atoms with Crippen LogP contribution in [0.3, 0.4) is 0 Å². The molecule has 1 heterocycles. The van der Waals surface area contributed by atoms with Crippen molar-refractivity contribution in [3.63, 3.8) is 0 Å². The first kappa shape index (κ1) is 14.3. The van der Waals surface area contributed by atoms with Gasteiger partial charge in [0.2, 0.25) is 0 Å². The van der Waals surface area contributed by atoms with E-state index >= 15 is 0 Å². The fraction of sp³-hybridized carbons (Fsp3) is 0.364. The normalized spacial score (nSPS) is 23.3. The van der Waals surface area contributed by atoms with Crippen LogP contribution in [0.15, 0.2) is 18.2 Å². The fourth-order valence-corrected chi connectivity index (χ4v) is 15.1. The van der Waals surface area contributed by atoms with Gasteiger partial charge in [0.15, 0.2) is 0 Å². The topological polar surface area (TPSA) is 12.2 Å². The number of rotatable bonds is 1. The Morgan fingerprint density at radius 1 is 1.24 bits per heavy atom. The molecule has 1 aromatic carbocycles. The first-order valence-corrected chi connectivity index (χ1v) is 23.0. The molecule has 0 bridgehead atoms.